The van der Waals surface area contributed by atoms with Crippen LogP contribution >= 0.6 is 0 Å². The molecular formula is C13H15NO4. The molecule has 1 saturated carbocycles. The number of ketones is 1. The van der Waals surface area contributed by atoms with E-state index in [1.54, 1.807) is 18.2 Å². The number of nitro benzene ring substituents is 1. The number of benzene rings is 1. The predicted molar refractivity (Wildman–Crippen MR) is 65.6 cm³/mol. The molecule has 0 N–H and O–H groups in total. The van der Waals surface area contributed by atoms with Crippen molar-refractivity contribution in [2.75, 3.05) is 6.61 Å². The van der Waals surface area contributed by atoms with Gasteiger partial charge in [0.2, 0.25) is 0 Å². The van der Waals surface area contributed by atoms with Crippen LogP contribution in [-0.2, 0) is 4.79 Å². The number of Topliss-reactive ketones (excluding diaryl/α,β-unsaturated/α-hetero) is 1. The summed E-state index contributed by atoms with van der Waals surface area (Å²) in [5.41, 5.74) is -0.0281. The quantitative estimate of drug-likeness (QED) is 0.607. The Hall–Kier alpha value is -1.91. The van der Waals surface area contributed by atoms with Gasteiger partial charge in [0.1, 0.15) is 5.78 Å². The fraction of sp³-hybridized carbons (Fsp3) is 0.462. The second-order valence-electron chi connectivity index (χ2n) is 4.54. The first-order valence-electron chi connectivity index (χ1n) is 6.04. The van der Waals surface area contributed by atoms with E-state index < -0.39 is 4.92 Å². The molecule has 1 aliphatic carbocycles. The Morgan fingerprint density at radius 2 is 2.17 bits per heavy atom. The Bertz CT molecular complexity index is 458. The molecule has 1 unspecified atom stereocenters. The molecule has 0 aliphatic heterocycles. The van der Waals surface area contributed by atoms with Crippen LogP contribution in [0, 0.1) is 16.0 Å². The minimum absolute atomic E-state index is 0.0281. The van der Waals surface area contributed by atoms with Gasteiger partial charge in [-0.1, -0.05) is 12.1 Å². The standard InChI is InChI=1S/C13H15NO4/c15-11-5-3-4-10(8-11)9-18-13-7-2-1-6-12(13)14(16)17/h1-2,6-7,10H,3-5,8-9H2. The minimum Gasteiger partial charge on any atom is -0.487 e. The van der Waals surface area contributed by atoms with E-state index in [9.17, 15) is 14.9 Å². The van der Waals surface area contributed by atoms with Gasteiger partial charge < -0.3 is 4.74 Å². The minimum atomic E-state index is -0.457. The van der Waals surface area contributed by atoms with Crippen LogP contribution in [0.3, 0.4) is 0 Å². The van der Waals surface area contributed by atoms with Crippen LogP contribution in [0.4, 0.5) is 5.69 Å². The summed E-state index contributed by atoms with van der Waals surface area (Å²) in [6.07, 6.45) is 3.03. The molecular weight excluding hydrogens is 234 g/mol. The summed E-state index contributed by atoms with van der Waals surface area (Å²) in [5, 5.41) is 10.8. The zero-order valence-corrected chi connectivity index (χ0v) is 10.0. The van der Waals surface area contributed by atoms with Gasteiger partial charge in [0.05, 0.1) is 11.5 Å². The highest BCUT2D eigenvalue weighted by atomic mass is 16.6. The lowest BCUT2D eigenvalue weighted by Gasteiger charge is -2.20. The van der Waals surface area contributed by atoms with Crippen molar-refractivity contribution in [3.05, 3.63) is 34.4 Å². The smallest absolute Gasteiger partial charge is 0.310 e. The molecule has 1 atom stereocenters. The van der Waals surface area contributed by atoms with Crippen molar-refractivity contribution in [2.45, 2.75) is 25.7 Å². The predicted octanol–water partition coefficient (Wildman–Crippen LogP) is 2.73. The highest BCUT2D eigenvalue weighted by Crippen LogP contribution is 2.28. The number of nitro groups is 1. The van der Waals surface area contributed by atoms with Gasteiger partial charge in [0, 0.05) is 18.9 Å². The highest BCUT2D eigenvalue weighted by Gasteiger charge is 2.21. The first-order chi connectivity index (χ1) is 8.66. The van der Waals surface area contributed by atoms with Gasteiger partial charge in [-0.05, 0) is 24.8 Å². The van der Waals surface area contributed by atoms with Crippen LogP contribution in [-0.4, -0.2) is 17.3 Å². The van der Waals surface area contributed by atoms with Crippen LogP contribution in [0.5, 0.6) is 5.75 Å². The third-order valence-corrected chi connectivity index (χ3v) is 3.12. The topological polar surface area (TPSA) is 69.4 Å². The van der Waals surface area contributed by atoms with Crippen molar-refractivity contribution >= 4 is 11.5 Å². The van der Waals surface area contributed by atoms with Gasteiger partial charge >= 0.3 is 5.69 Å². The molecule has 1 aromatic rings. The zero-order chi connectivity index (χ0) is 13.0. The van der Waals surface area contributed by atoms with Crippen molar-refractivity contribution in [3.63, 3.8) is 0 Å². The van der Waals surface area contributed by atoms with E-state index in [0.29, 0.717) is 19.4 Å². The molecule has 0 spiro atoms. The molecule has 96 valence electrons. The Morgan fingerprint density at radius 1 is 1.39 bits per heavy atom. The SMILES string of the molecule is O=C1CCCC(COc2ccccc2[N+](=O)[O-])C1. The summed E-state index contributed by atoms with van der Waals surface area (Å²) in [5.74, 6) is 0.726. The van der Waals surface area contributed by atoms with E-state index in [1.807, 2.05) is 0 Å². The van der Waals surface area contributed by atoms with Crippen molar-refractivity contribution in [1.29, 1.82) is 0 Å². The van der Waals surface area contributed by atoms with Crippen molar-refractivity contribution < 1.29 is 14.5 Å². The van der Waals surface area contributed by atoms with Gasteiger partial charge in [-0.15, -0.1) is 0 Å². The molecule has 18 heavy (non-hydrogen) atoms. The molecule has 0 heterocycles. The highest BCUT2D eigenvalue weighted by molar-refractivity contribution is 5.79. The maximum absolute atomic E-state index is 11.3. The summed E-state index contributed by atoms with van der Waals surface area (Å²) >= 11 is 0. The van der Waals surface area contributed by atoms with E-state index in [1.165, 1.54) is 6.07 Å². The molecule has 1 aliphatic rings. The van der Waals surface area contributed by atoms with E-state index in [-0.39, 0.29) is 23.1 Å². The largest absolute Gasteiger partial charge is 0.487 e. The molecule has 0 amide bonds. The maximum atomic E-state index is 11.3. The summed E-state index contributed by atoms with van der Waals surface area (Å²) in [6, 6.07) is 6.31. The van der Waals surface area contributed by atoms with Gasteiger partial charge in [0.15, 0.2) is 5.75 Å². The molecule has 5 heteroatoms. The fourth-order valence-electron chi connectivity index (χ4n) is 2.19. The van der Waals surface area contributed by atoms with Crippen LogP contribution in [0.1, 0.15) is 25.7 Å². The number of carbonyl (C=O) groups is 1. The normalized spacial score (nSPS) is 19.6. The molecule has 0 bridgehead atoms. The van der Waals surface area contributed by atoms with Crippen LogP contribution in [0.25, 0.3) is 0 Å². The second-order valence-corrected chi connectivity index (χ2v) is 4.54. The Morgan fingerprint density at radius 3 is 2.89 bits per heavy atom. The van der Waals surface area contributed by atoms with Gasteiger partial charge in [-0.25, -0.2) is 0 Å². The Labute approximate surface area is 105 Å². The number of para-hydroxylation sites is 2. The van der Waals surface area contributed by atoms with Crippen LogP contribution in [0.15, 0.2) is 24.3 Å². The average Bonchev–Trinajstić information content (AvgIpc) is 2.37. The first-order valence-corrected chi connectivity index (χ1v) is 6.04. The van der Waals surface area contributed by atoms with E-state index in [4.69, 9.17) is 4.74 Å². The number of hydrogen-bond acceptors (Lipinski definition) is 4. The van der Waals surface area contributed by atoms with E-state index in [0.717, 1.165) is 12.8 Å². The molecule has 1 aromatic carbocycles. The number of nitrogens with zero attached hydrogens (tertiary/aromatic N) is 1. The number of rotatable bonds is 4. The number of hydrogen-bond donors (Lipinski definition) is 0. The molecule has 5 nitrogen and oxygen atoms in total. The Kier molecular flexibility index (Phi) is 3.92. The molecule has 0 aromatic heterocycles. The summed E-state index contributed by atoms with van der Waals surface area (Å²) in [7, 11) is 0. The van der Waals surface area contributed by atoms with E-state index in [2.05, 4.69) is 0 Å². The van der Waals surface area contributed by atoms with Crippen molar-refractivity contribution in [2.24, 2.45) is 5.92 Å². The van der Waals surface area contributed by atoms with E-state index >= 15 is 0 Å². The lowest BCUT2D eigenvalue weighted by atomic mass is 9.89. The first kappa shape index (κ1) is 12.5. The third kappa shape index (κ3) is 3.06. The zero-order valence-electron chi connectivity index (χ0n) is 10.0. The maximum Gasteiger partial charge on any atom is 0.310 e. The molecule has 2 rings (SSSR count). The lowest BCUT2D eigenvalue weighted by molar-refractivity contribution is -0.385. The summed E-state index contributed by atoms with van der Waals surface area (Å²) in [6.45, 7) is 0.372. The van der Waals surface area contributed by atoms with Gasteiger partial charge in [-0.3, -0.25) is 14.9 Å². The average molecular weight is 249 g/mol. The number of carbonyl (C=O) groups excluding carboxylic acids is 1. The molecule has 0 saturated heterocycles. The van der Waals surface area contributed by atoms with Gasteiger partial charge in [0.25, 0.3) is 0 Å². The van der Waals surface area contributed by atoms with Gasteiger partial charge in [-0.2, -0.15) is 0 Å². The molecule has 1 fully saturated rings. The summed E-state index contributed by atoms with van der Waals surface area (Å²) < 4.78 is 5.49. The monoisotopic (exact) mass is 249 g/mol. The second kappa shape index (κ2) is 5.62. The Balaban J connectivity index is 1.97. The van der Waals surface area contributed by atoms with Crippen molar-refractivity contribution in [1.82, 2.24) is 0 Å². The number of ether oxygens (including phenoxy) is 1. The van der Waals surface area contributed by atoms with Crippen molar-refractivity contribution in [3.8, 4) is 5.75 Å². The van der Waals surface area contributed by atoms with Crippen LogP contribution < -0.4 is 4.74 Å². The summed E-state index contributed by atoms with van der Waals surface area (Å²) in [4.78, 5) is 21.6. The lowest BCUT2D eigenvalue weighted by Crippen LogP contribution is -2.21. The molecule has 0 radical (unpaired) electrons. The third-order valence-electron chi connectivity index (χ3n) is 3.12. The fourth-order valence-corrected chi connectivity index (χ4v) is 2.19. The van der Waals surface area contributed by atoms with Crippen LogP contribution in [0.2, 0.25) is 0 Å².